The Balaban J connectivity index is 1.22. The third-order valence-electron chi connectivity index (χ3n) is 6.19. The number of ether oxygens (including phenoxy) is 1. The van der Waals surface area contributed by atoms with Gasteiger partial charge in [-0.05, 0) is 93.4 Å². The molecule has 188 valence electrons. The fourth-order valence-electron chi connectivity index (χ4n) is 4.24. The number of hydrogen-bond acceptors (Lipinski definition) is 5. The number of imide groups is 1. The molecule has 0 bridgehead atoms. The van der Waals surface area contributed by atoms with Crippen LogP contribution in [0.4, 0.5) is 9.18 Å². The largest absolute Gasteiger partial charge is 0.488 e. The molecule has 37 heavy (non-hydrogen) atoms. The highest BCUT2D eigenvalue weighted by atomic mass is 127. The molecule has 0 atom stereocenters. The summed E-state index contributed by atoms with van der Waals surface area (Å²) < 4.78 is 20.0. The van der Waals surface area contributed by atoms with Crippen LogP contribution in [0.5, 0.6) is 5.75 Å². The van der Waals surface area contributed by atoms with E-state index in [0.29, 0.717) is 18.8 Å². The molecule has 0 unspecified atom stereocenters. The highest BCUT2D eigenvalue weighted by molar-refractivity contribution is 14.1. The molecule has 9 heteroatoms. The van der Waals surface area contributed by atoms with E-state index in [9.17, 15) is 18.8 Å². The third kappa shape index (κ3) is 5.88. The van der Waals surface area contributed by atoms with Crippen LogP contribution in [0.1, 0.15) is 22.3 Å². The van der Waals surface area contributed by atoms with Gasteiger partial charge < -0.3 is 9.64 Å². The van der Waals surface area contributed by atoms with Gasteiger partial charge in [-0.25, -0.2) is 4.39 Å². The van der Waals surface area contributed by atoms with Crippen LogP contribution in [0.15, 0.2) is 71.6 Å². The minimum absolute atomic E-state index is 0.225. The second-order valence-electron chi connectivity index (χ2n) is 8.71. The number of hydrogen-bond donors (Lipinski definition) is 0. The number of fused-ring (bicyclic) bond motifs is 1. The molecule has 0 radical (unpaired) electrons. The first kappa shape index (κ1) is 25.5. The maximum Gasteiger partial charge on any atom is 0.294 e. The smallest absolute Gasteiger partial charge is 0.294 e. The Morgan fingerprint density at radius 2 is 1.86 bits per heavy atom. The molecular formula is C28H22FIN2O4S. The van der Waals surface area contributed by atoms with E-state index in [-0.39, 0.29) is 29.8 Å². The summed E-state index contributed by atoms with van der Waals surface area (Å²) in [4.78, 5) is 41.4. The van der Waals surface area contributed by atoms with Gasteiger partial charge in [-0.1, -0.05) is 42.5 Å². The molecular weight excluding hydrogens is 606 g/mol. The molecule has 0 saturated carbocycles. The second-order valence-corrected chi connectivity index (χ2v) is 10.9. The highest BCUT2D eigenvalue weighted by Crippen LogP contribution is 2.33. The zero-order chi connectivity index (χ0) is 25.9. The summed E-state index contributed by atoms with van der Waals surface area (Å²) in [7, 11) is 0. The molecule has 1 saturated heterocycles. The average Bonchev–Trinajstić information content (AvgIpc) is 3.15. The summed E-state index contributed by atoms with van der Waals surface area (Å²) in [6, 6.07) is 19.6. The van der Waals surface area contributed by atoms with Gasteiger partial charge >= 0.3 is 0 Å². The molecule has 3 aromatic rings. The molecule has 2 aliphatic rings. The SMILES string of the molecule is O=C(CN1C(=O)S/C(=C\c2ccc(OCc3cccc(F)c3)c(I)c2)C1=O)N1CCc2ccccc2C1. The van der Waals surface area contributed by atoms with Crippen LogP contribution >= 0.6 is 34.4 Å². The van der Waals surface area contributed by atoms with Gasteiger partial charge in [0.05, 0.1) is 8.48 Å². The van der Waals surface area contributed by atoms with Gasteiger partial charge in [0.25, 0.3) is 11.1 Å². The first-order valence-corrected chi connectivity index (χ1v) is 13.5. The van der Waals surface area contributed by atoms with Gasteiger partial charge in [-0.15, -0.1) is 0 Å². The van der Waals surface area contributed by atoms with Crippen LogP contribution in [0.2, 0.25) is 0 Å². The molecule has 2 aliphatic heterocycles. The van der Waals surface area contributed by atoms with E-state index in [4.69, 9.17) is 4.74 Å². The molecule has 0 aromatic heterocycles. The van der Waals surface area contributed by atoms with E-state index < -0.39 is 11.1 Å². The lowest BCUT2D eigenvalue weighted by Crippen LogP contribution is -2.44. The van der Waals surface area contributed by atoms with Crippen LogP contribution in [-0.2, 0) is 29.2 Å². The van der Waals surface area contributed by atoms with Crippen LogP contribution in [0, 0.1) is 9.39 Å². The van der Waals surface area contributed by atoms with E-state index in [1.54, 1.807) is 35.2 Å². The Labute approximate surface area is 231 Å². The van der Waals surface area contributed by atoms with E-state index in [2.05, 4.69) is 28.7 Å². The lowest BCUT2D eigenvalue weighted by Gasteiger charge is -2.29. The lowest BCUT2D eigenvalue weighted by molar-refractivity contribution is -0.136. The van der Waals surface area contributed by atoms with Crippen molar-refractivity contribution < 1.29 is 23.5 Å². The van der Waals surface area contributed by atoms with Gasteiger partial charge in [0.15, 0.2) is 0 Å². The molecule has 3 amide bonds. The summed E-state index contributed by atoms with van der Waals surface area (Å²) >= 11 is 2.96. The van der Waals surface area contributed by atoms with E-state index in [0.717, 1.165) is 43.3 Å². The molecule has 5 rings (SSSR count). The zero-order valence-electron chi connectivity index (χ0n) is 19.7. The van der Waals surface area contributed by atoms with Crippen molar-refractivity contribution in [1.82, 2.24) is 9.80 Å². The summed E-state index contributed by atoms with van der Waals surface area (Å²) in [5.74, 6) is -0.401. The van der Waals surface area contributed by atoms with Crippen LogP contribution in [0.25, 0.3) is 6.08 Å². The third-order valence-corrected chi connectivity index (χ3v) is 7.94. The number of benzene rings is 3. The first-order valence-electron chi connectivity index (χ1n) is 11.6. The fourth-order valence-corrected chi connectivity index (χ4v) is 5.78. The highest BCUT2D eigenvalue weighted by Gasteiger charge is 2.37. The molecule has 1 fully saturated rings. The number of rotatable bonds is 6. The first-order chi connectivity index (χ1) is 17.9. The van der Waals surface area contributed by atoms with Crippen LogP contribution < -0.4 is 4.74 Å². The fraction of sp³-hybridized carbons (Fsp3) is 0.179. The minimum atomic E-state index is -0.470. The van der Waals surface area contributed by atoms with E-state index >= 15 is 0 Å². The van der Waals surface area contributed by atoms with Crippen molar-refractivity contribution in [1.29, 1.82) is 0 Å². The van der Waals surface area contributed by atoms with Crippen molar-refractivity contribution in [2.45, 2.75) is 19.6 Å². The molecule has 0 aliphatic carbocycles. The summed E-state index contributed by atoms with van der Waals surface area (Å²) in [6.07, 6.45) is 2.40. The summed E-state index contributed by atoms with van der Waals surface area (Å²) in [5.41, 5.74) is 3.76. The molecule has 6 nitrogen and oxygen atoms in total. The van der Waals surface area contributed by atoms with Crippen LogP contribution in [0.3, 0.4) is 0 Å². The Hall–Kier alpha value is -3.18. The molecule has 2 heterocycles. The van der Waals surface area contributed by atoms with Crippen molar-refractivity contribution in [2.24, 2.45) is 0 Å². The minimum Gasteiger partial charge on any atom is -0.488 e. The number of thioether (sulfide) groups is 1. The standard InChI is InChI=1S/C28H22FIN2O4S/c29-22-7-3-4-19(12-22)17-36-24-9-8-18(13-23(24)30)14-25-27(34)32(28(35)37-25)16-26(33)31-11-10-20-5-1-2-6-21(20)15-31/h1-9,12-14H,10-11,15-17H2/b25-14-. The number of halogens is 2. The number of nitrogens with zero attached hydrogens (tertiary/aromatic N) is 2. The van der Waals surface area contributed by atoms with Gasteiger partial charge in [0, 0.05) is 13.1 Å². The topological polar surface area (TPSA) is 66.9 Å². The van der Waals surface area contributed by atoms with Crippen LogP contribution in [-0.4, -0.2) is 39.9 Å². The Morgan fingerprint density at radius 1 is 1.05 bits per heavy atom. The lowest BCUT2D eigenvalue weighted by atomic mass is 10.00. The average molecular weight is 628 g/mol. The number of amides is 3. The normalized spacial score (nSPS) is 16.3. The van der Waals surface area contributed by atoms with Gasteiger partial charge in [0.2, 0.25) is 5.91 Å². The van der Waals surface area contributed by atoms with E-state index in [1.165, 1.54) is 17.7 Å². The number of carbonyl (C=O) groups is 3. The maximum absolute atomic E-state index is 13.4. The van der Waals surface area contributed by atoms with Crippen molar-refractivity contribution >= 4 is 57.5 Å². The van der Waals surface area contributed by atoms with Crippen molar-refractivity contribution in [3.8, 4) is 5.75 Å². The van der Waals surface area contributed by atoms with E-state index in [1.807, 2.05) is 24.3 Å². The quantitative estimate of drug-likeness (QED) is 0.262. The van der Waals surface area contributed by atoms with Crippen molar-refractivity contribution in [3.63, 3.8) is 0 Å². The van der Waals surface area contributed by atoms with Gasteiger partial charge in [-0.3, -0.25) is 19.3 Å². The van der Waals surface area contributed by atoms with Gasteiger partial charge in [0.1, 0.15) is 24.7 Å². The summed E-state index contributed by atoms with van der Waals surface area (Å²) in [6.45, 7) is 0.998. The second kappa shape index (κ2) is 11.1. The summed E-state index contributed by atoms with van der Waals surface area (Å²) in [5, 5.41) is -0.452. The molecule has 0 N–H and O–H groups in total. The Morgan fingerprint density at radius 3 is 2.65 bits per heavy atom. The zero-order valence-corrected chi connectivity index (χ0v) is 22.6. The van der Waals surface area contributed by atoms with Crippen molar-refractivity contribution in [2.75, 3.05) is 13.1 Å². The molecule has 0 spiro atoms. The Bertz CT molecular complexity index is 1430. The number of carbonyl (C=O) groups excluding carboxylic acids is 3. The van der Waals surface area contributed by atoms with Gasteiger partial charge in [-0.2, -0.15) is 0 Å². The maximum atomic E-state index is 13.4. The predicted molar refractivity (Wildman–Crippen MR) is 148 cm³/mol. The van der Waals surface area contributed by atoms with Crippen molar-refractivity contribution in [3.05, 3.63) is 103 Å². The monoisotopic (exact) mass is 628 g/mol. The predicted octanol–water partition coefficient (Wildman–Crippen LogP) is 5.63. The Kier molecular flexibility index (Phi) is 7.61. The molecule has 3 aromatic carbocycles.